The van der Waals surface area contributed by atoms with Crippen molar-refractivity contribution >= 4 is 45.2 Å². The van der Waals surface area contributed by atoms with Crippen LogP contribution in [0, 0.1) is 0 Å². The number of hydrogen-bond acceptors (Lipinski definition) is 4. The molecule has 1 atom stereocenters. The van der Waals surface area contributed by atoms with Gasteiger partial charge >= 0.3 is 12.0 Å². The van der Waals surface area contributed by atoms with Crippen molar-refractivity contribution in [1.82, 2.24) is 10.2 Å². The van der Waals surface area contributed by atoms with Gasteiger partial charge in [0.1, 0.15) is 6.04 Å². The number of nitrogens with one attached hydrogen (secondary N) is 1. The van der Waals surface area contributed by atoms with Crippen LogP contribution in [0.2, 0.25) is 0 Å². The first-order valence-corrected chi connectivity index (χ1v) is 7.72. The maximum atomic E-state index is 11.9. The number of carbonyl (C=O) groups is 3. The molecule has 4 N–H and O–H groups in total. The van der Waals surface area contributed by atoms with Crippen molar-refractivity contribution in [1.29, 1.82) is 0 Å². The molecular formula is C12H16BrN3O4S. The SMILES string of the molecule is CN(Cc1csc(Br)c1)C(=O)N[C@@H](CCC(N)=O)C(=O)O. The van der Waals surface area contributed by atoms with E-state index in [2.05, 4.69) is 21.2 Å². The Labute approximate surface area is 134 Å². The molecule has 7 nitrogen and oxygen atoms in total. The third-order valence-corrected chi connectivity index (χ3v) is 4.22. The zero-order valence-corrected chi connectivity index (χ0v) is 13.7. The number of thiophene rings is 1. The number of nitrogens with zero attached hydrogens (tertiary/aromatic N) is 1. The van der Waals surface area contributed by atoms with Crippen LogP contribution < -0.4 is 11.1 Å². The summed E-state index contributed by atoms with van der Waals surface area (Å²) >= 11 is 4.83. The van der Waals surface area contributed by atoms with E-state index in [0.717, 1.165) is 9.35 Å². The number of carboxylic acid groups (broad SMARTS) is 1. The molecule has 0 unspecified atom stereocenters. The summed E-state index contributed by atoms with van der Waals surface area (Å²) in [5.74, 6) is -1.80. The fourth-order valence-electron chi connectivity index (χ4n) is 1.58. The van der Waals surface area contributed by atoms with Crippen molar-refractivity contribution in [2.45, 2.75) is 25.4 Å². The second-order valence-corrected chi connectivity index (χ2v) is 6.75. The number of rotatable bonds is 7. The highest BCUT2D eigenvalue weighted by Crippen LogP contribution is 2.21. The van der Waals surface area contributed by atoms with E-state index in [1.807, 2.05) is 11.4 Å². The minimum Gasteiger partial charge on any atom is -0.480 e. The largest absolute Gasteiger partial charge is 0.480 e. The molecule has 0 saturated heterocycles. The lowest BCUT2D eigenvalue weighted by atomic mass is 10.1. The van der Waals surface area contributed by atoms with Gasteiger partial charge in [0, 0.05) is 20.0 Å². The van der Waals surface area contributed by atoms with Crippen LogP contribution in [-0.2, 0) is 16.1 Å². The average molecular weight is 378 g/mol. The first-order chi connectivity index (χ1) is 9.79. The Bertz CT molecular complexity index is 534. The highest BCUT2D eigenvalue weighted by Gasteiger charge is 2.22. The smallest absolute Gasteiger partial charge is 0.326 e. The van der Waals surface area contributed by atoms with Gasteiger partial charge in [-0.1, -0.05) is 0 Å². The number of primary amides is 1. The highest BCUT2D eigenvalue weighted by atomic mass is 79.9. The van der Waals surface area contributed by atoms with E-state index >= 15 is 0 Å². The summed E-state index contributed by atoms with van der Waals surface area (Å²) < 4.78 is 0.955. The first kappa shape index (κ1) is 17.4. The third kappa shape index (κ3) is 6.13. The fourth-order valence-corrected chi connectivity index (χ4v) is 2.78. The maximum absolute atomic E-state index is 11.9. The number of nitrogens with two attached hydrogens (primary N) is 1. The molecule has 9 heteroatoms. The lowest BCUT2D eigenvalue weighted by Gasteiger charge is -2.20. The molecule has 3 amide bonds. The van der Waals surface area contributed by atoms with Gasteiger partial charge < -0.3 is 21.1 Å². The van der Waals surface area contributed by atoms with Crippen molar-refractivity contribution in [3.05, 3.63) is 20.8 Å². The number of halogens is 1. The van der Waals surface area contributed by atoms with E-state index in [-0.39, 0.29) is 12.8 Å². The first-order valence-electron chi connectivity index (χ1n) is 6.05. The third-order valence-electron chi connectivity index (χ3n) is 2.66. The number of urea groups is 1. The van der Waals surface area contributed by atoms with Crippen molar-refractivity contribution in [2.24, 2.45) is 5.73 Å². The van der Waals surface area contributed by atoms with E-state index in [9.17, 15) is 14.4 Å². The van der Waals surface area contributed by atoms with E-state index in [4.69, 9.17) is 10.8 Å². The van der Waals surface area contributed by atoms with Crippen LogP contribution in [-0.4, -0.2) is 41.0 Å². The molecule has 0 fully saturated rings. The fraction of sp³-hybridized carbons (Fsp3) is 0.417. The molecule has 0 aromatic carbocycles. The molecule has 1 aromatic heterocycles. The molecule has 0 aliphatic rings. The van der Waals surface area contributed by atoms with Crippen molar-refractivity contribution < 1.29 is 19.5 Å². The zero-order chi connectivity index (χ0) is 16.0. The van der Waals surface area contributed by atoms with Crippen LogP contribution >= 0.6 is 27.3 Å². The Morgan fingerprint density at radius 1 is 1.52 bits per heavy atom. The Morgan fingerprint density at radius 3 is 2.67 bits per heavy atom. The molecule has 21 heavy (non-hydrogen) atoms. The molecule has 0 saturated carbocycles. The minimum atomic E-state index is -1.20. The Balaban J connectivity index is 2.55. The van der Waals surface area contributed by atoms with Crippen LogP contribution in [0.1, 0.15) is 18.4 Å². The monoisotopic (exact) mass is 377 g/mol. The maximum Gasteiger partial charge on any atom is 0.326 e. The second-order valence-electron chi connectivity index (χ2n) is 4.46. The predicted octanol–water partition coefficient (Wildman–Crippen LogP) is 1.37. The number of carboxylic acids is 1. The molecule has 0 spiro atoms. The summed E-state index contributed by atoms with van der Waals surface area (Å²) in [6.45, 7) is 0.357. The molecule has 1 rings (SSSR count). The summed E-state index contributed by atoms with van der Waals surface area (Å²) in [6, 6.07) is 0.229. The number of aliphatic carboxylic acids is 1. The summed E-state index contributed by atoms with van der Waals surface area (Å²) in [7, 11) is 1.56. The van der Waals surface area contributed by atoms with Gasteiger partial charge in [-0.15, -0.1) is 11.3 Å². The second kappa shape index (κ2) is 7.99. The van der Waals surface area contributed by atoms with Gasteiger partial charge in [0.15, 0.2) is 0 Å². The van der Waals surface area contributed by atoms with Crippen molar-refractivity contribution in [2.75, 3.05) is 7.05 Å². The summed E-state index contributed by atoms with van der Waals surface area (Å²) in [4.78, 5) is 35.0. The standard InChI is InChI=1S/C12H16BrN3O4S/c1-16(5-7-4-9(13)21-6-7)12(20)15-8(11(18)19)2-3-10(14)17/h4,6,8H,2-3,5H2,1H3,(H2,14,17)(H,15,20)(H,18,19)/t8-/m0/s1. The predicted molar refractivity (Wildman–Crippen MR) is 81.9 cm³/mol. The van der Waals surface area contributed by atoms with E-state index in [0.29, 0.717) is 6.54 Å². The number of hydrogen-bond donors (Lipinski definition) is 3. The van der Waals surface area contributed by atoms with Gasteiger partial charge in [0.2, 0.25) is 5.91 Å². The van der Waals surface area contributed by atoms with Crippen LogP contribution in [0.15, 0.2) is 15.2 Å². The van der Waals surface area contributed by atoms with Gasteiger partial charge in [-0.25, -0.2) is 9.59 Å². The van der Waals surface area contributed by atoms with Gasteiger partial charge in [-0.2, -0.15) is 0 Å². The molecule has 0 aliphatic heterocycles. The van der Waals surface area contributed by atoms with E-state index in [1.54, 1.807) is 7.05 Å². The van der Waals surface area contributed by atoms with Crippen LogP contribution in [0.4, 0.5) is 4.79 Å². The van der Waals surface area contributed by atoms with Crippen LogP contribution in [0.25, 0.3) is 0 Å². The lowest BCUT2D eigenvalue weighted by molar-refractivity contribution is -0.139. The van der Waals surface area contributed by atoms with E-state index < -0.39 is 23.9 Å². The molecule has 0 aliphatic carbocycles. The van der Waals surface area contributed by atoms with Crippen LogP contribution in [0.3, 0.4) is 0 Å². The normalized spacial score (nSPS) is 11.7. The van der Waals surface area contributed by atoms with E-state index in [1.165, 1.54) is 16.2 Å². The number of amides is 3. The summed E-state index contributed by atoms with van der Waals surface area (Å²) in [6.07, 6.45) is -0.132. The Kier molecular flexibility index (Phi) is 6.63. The highest BCUT2D eigenvalue weighted by molar-refractivity contribution is 9.11. The van der Waals surface area contributed by atoms with Gasteiger partial charge in [-0.3, -0.25) is 4.79 Å². The molecule has 0 bridgehead atoms. The summed E-state index contributed by atoms with van der Waals surface area (Å²) in [5.41, 5.74) is 5.92. The van der Waals surface area contributed by atoms with Gasteiger partial charge in [-0.05, 0) is 39.4 Å². The molecule has 0 radical (unpaired) electrons. The topological polar surface area (TPSA) is 113 Å². The Hall–Kier alpha value is -1.61. The van der Waals surface area contributed by atoms with Gasteiger partial charge in [0.25, 0.3) is 0 Å². The quantitative estimate of drug-likeness (QED) is 0.665. The number of carbonyl (C=O) groups excluding carboxylic acids is 2. The zero-order valence-electron chi connectivity index (χ0n) is 11.3. The average Bonchev–Trinajstić information content (AvgIpc) is 2.78. The van der Waals surface area contributed by atoms with Crippen LogP contribution in [0.5, 0.6) is 0 Å². The molecule has 1 heterocycles. The molecule has 116 valence electrons. The molecular weight excluding hydrogens is 362 g/mol. The molecule has 1 aromatic rings. The minimum absolute atomic E-state index is 0.0335. The Morgan fingerprint density at radius 2 is 2.19 bits per heavy atom. The van der Waals surface area contributed by atoms with Crippen molar-refractivity contribution in [3.8, 4) is 0 Å². The van der Waals surface area contributed by atoms with Gasteiger partial charge in [0.05, 0.1) is 3.79 Å². The lowest BCUT2D eigenvalue weighted by Crippen LogP contribution is -2.46. The van der Waals surface area contributed by atoms with Crippen molar-refractivity contribution in [3.63, 3.8) is 0 Å². The summed E-state index contributed by atoms with van der Waals surface area (Å²) in [5, 5.41) is 13.3.